The van der Waals surface area contributed by atoms with Crippen LogP contribution in [0.4, 0.5) is 0 Å². The molecule has 0 fully saturated rings. The smallest absolute Gasteiger partial charge is 0.163 e. The number of pyridine rings is 1. The summed E-state index contributed by atoms with van der Waals surface area (Å²) in [6.07, 6.45) is 0. The molecule has 0 amide bonds. The third kappa shape index (κ3) is 3.01. The summed E-state index contributed by atoms with van der Waals surface area (Å²) < 4.78 is 21.7. The Labute approximate surface area is 153 Å². The SMILES string of the molecule is COc1cc2cc(-c3cc(C)c(OC)c(OC)c3)nc(C)c2cc1OC. The molecule has 0 saturated heterocycles. The van der Waals surface area contributed by atoms with Gasteiger partial charge in [-0.25, -0.2) is 0 Å². The van der Waals surface area contributed by atoms with Crippen LogP contribution < -0.4 is 18.9 Å². The first-order valence-corrected chi connectivity index (χ1v) is 8.28. The van der Waals surface area contributed by atoms with E-state index < -0.39 is 0 Å². The first-order valence-electron chi connectivity index (χ1n) is 8.28. The van der Waals surface area contributed by atoms with Gasteiger partial charge in [-0.3, -0.25) is 4.98 Å². The summed E-state index contributed by atoms with van der Waals surface area (Å²) in [4.78, 5) is 4.78. The van der Waals surface area contributed by atoms with Crippen LogP contribution >= 0.6 is 0 Å². The Morgan fingerprint density at radius 2 is 1.35 bits per heavy atom. The van der Waals surface area contributed by atoms with Gasteiger partial charge in [-0.1, -0.05) is 0 Å². The zero-order valence-electron chi connectivity index (χ0n) is 16.0. The van der Waals surface area contributed by atoms with Gasteiger partial charge in [0.15, 0.2) is 23.0 Å². The van der Waals surface area contributed by atoms with Crippen LogP contribution in [0.5, 0.6) is 23.0 Å². The lowest BCUT2D eigenvalue weighted by Crippen LogP contribution is -1.97. The number of hydrogen-bond donors (Lipinski definition) is 0. The van der Waals surface area contributed by atoms with Gasteiger partial charge < -0.3 is 18.9 Å². The van der Waals surface area contributed by atoms with Gasteiger partial charge in [0.05, 0.1) is 34.1 Å². The van der Waals surface area contributed by atoms with Crippen LogP contribution in [0, 0.1) is 13.8 Å². The molecule has 0 aliphatic heterocycles. The number of methoxy groups -OCH3 is 4. The van der Waals surface area contributed by atoms with E-state index in [1.165, 1.54) is 0 Å². The van der Waals surface area contributed by atoms with E-state index in [4.69, 9.17) is 23.9 Å². The van der Waals surface area contributed by atoms with Crippen molar-refractivity contribution in [1.29, 1.82) is 0 Å². The second kappa shape index (κ2) is 7.12. The van der Waals surface area contributed by atoms with Crippen LogP contribution in [-0.2, 0) is 0 Å². The zero-order valence-corrected chi connectivity index (χ0v) is 16.0. The first kappa shape index (κ1) is 17.9. The fraction of sp³-hybridized carbons (Fsp3) is 0.286. The van der Waals surface area contributed by atoms with Crippen molar-refractivity contribution in [3.63, 3.8) is 0 Å². The van der Waals surface area contributed by atoms with Crippen LogP contribution in [0.3, 0.4) is 0 Å². The highest BCUT2D eigenvalue weighted by Crippen LogP contribution is 2.38. The largest absolute Gasteiger partial charge is 0.493 e. The topological polar surface area (TPSA) is 49.8 Å². The molecule has 0 bridgehead atoms. The van der Waals surface area contributed by atoms with Crippen molar-refractivity contribution in [3.05, 3.63) is 41.6 Å². The van der Waals surface area contributed by atoms with Crippen LogP contribution in [-0.4, -0.2) is 33.4 Å². The molecule has 26 heavy (non-hydrogen) atoms. The summed E-state index contributed by atoms with van der Waals surface area (Å²) in [5.41, 5.74) is 3.76. The molecule has 3 aromatic rings. The molecule has 0 atom stereocenters. The number of aryl methyl sites for hydroxylation is 2. The lowest BCUT2D eigenvalue weighted by atomic mass is 10.0. The fourth-order valence-electron chi connectivity index (χ4n) is 3.20. The Morgan fingerprint density at radius 3 is 1.96 bits per heavy atom. The maximum absolute atomic E-state index is 5.47. The Kier molecular flexibility index (Phi) is 4.89. The molecule has 0 N–H and O–H groups in total. The lowest BCUT2D eigenvalue weighted by molar-refractivity contribution is 0.353. The Morgan fingerprint density at radius 1 is 0.692 bits per heavy atom. The minimum absolute atomic E-state index is 0.689. The summed E-state index contributed by atoms with van der Waals surface area (Å²) in [5.74, 6) is 2.81. The predicted octanol–water partition coefficient (Wildman–Crippen LogP) is 4.55. The molecular formula is C21H23NO4. The summed E-state index contributed by atoms with van der Waals surface area (Å²) >= 11 is 0. The highest BCUT2D eigenvalue weighted by Gasteiger charge is 2.14. The zero-order chi connectivity index (χ0) is 18.8. The number of hydrogen-bond acceptors (Lipinski definition) is 5. The molecule has 2 aromatic carbocycles. The third-order valence-corrected chi connectivity index (χ3v) is 4.49. The van der Waals surface area contributed by atoms with E-state index in [-0.39, 0.29) is 0 Å². The molecular weight excluding hydrogens is 330 g/mol. The summed E-state index contributed by atoms with van der Waals surface area (Å²) in [6.45, 7) is 3.98. The number of aromatic nitrogens is 1. The molecule has 1 aromatic heterocycles. The van der Waals surface area contributed by atoms with E-state index in [0.29, 0.717) is 17.2 Å². The van der Waals surface area contributed by atoms with Gasteiger partial charge in [-0.05, 0) is 55.1 Å². The molecule has 5 heteroatoms. The second-order valence-corrected chi connectivity index (χ2v) is 6.05. The monoisotopic (exact) mass is 353 g/mol. The highest BCUT2D eigenvalue weighted by atomic mass is 16.5. The molecule has 0 spiro atoms. The Balaban J connectivity index is 2.22. The van der Waals surface area contributed by atoms with Gasteiger partial charge in [0.25, 0.3) is 0 Å². The minimum atomic E-state index is 0.689. The number of rotatable bonds is 5. The number of benzene rings is 2. The quantitative estimate of drug-likeness (QED) is 0.673. The number of ether oxygens (including phenoxy) is 4. The Hall–Kier alpha value is -2.95. The van der Waals surface area contributed by atoms with Gasteiger partial charge in [0, 0.05) is 16.6 Å². The summed E-state index contributed by atoms with van der Waals surface area (Å²) in [6, 6.07) is 9.97. The van der Waals surface area contributed by atoms with Crippen LogP contribution in [0.1, 0.15) is 11.3 Å². The van der Waals surface area contributed by atoms with E-state index in [9.17, 15) is 0 Å². The standard InChI is InChI=1S/C21H23NO4/c1-12-7-15(10-20(25-5)21(12)26-6)17-8-14-9-18(23-3)19(24-4)11-16(14)13(2)22-17/h7-11H,1-6H3. The predicted molar refractivity (Wildman–Crippen MR) is 103 cm³/mol. The lowest BCUT2D eigenvalue weighted by Gasteiger charge is -2.14. The normalized spacial score (nSPS) is 10.7. The van der Waals surface area contributed by atoms with Crippen molar-refractivity contribution in [3.8, 4) is 34.3 Å². The molecule has 1 heterocycles. The fourth-order valence-corrected chi connectivity index (χ4v) is 3.20. The molecule has 3 rings (SSSR count). The second-order valence-electron chi connectivity index (χ2n) is 6.05. The van der Waals surface area contributed by atoms with Gasteiger partial charge >= 0.3 is 0 Å². The number of fused-ring (bicyclic) bond motifs is 1. The molecule has 5 nitrogen and oxygen atoms in total. The maximum atomic E-state index is 5.47. The van der Waals surface area contributed by atoms with Crippen molar-refractivity contribution in [2.24, 2.45) is 0 Å². The van der Waals surface area contributed by atoms with Crippen LogP contribution in [0.15, 0.2) is 30.3 Å². The van der Waals surface area contributed by atoms with E-state index in [0.717, 1.165) is 39.0 Å². The summed E-state index contributed by atoms with van der Waals surface area (Å²) in [7, 11) is 6.55. The third-order valence-electron chi connectivity index (χ3n) is 4.49. The molecule has 0 unspecified atom stereocenters. The van der Waals surface area contributed by atoms with E-state index in [1.54, 1.807) is 28.4 Å². The molecule has 0 aliphatic rings. The Bertz CT molecular complexity index is 966. The number of nitrogens with zero attached hydrogens (tertiary/aromatic N) is 1. The van der Waals surface area contributed by atoms with Crippen molar-refractivity contribution in [2.45, 2.75) is 13.8 Å². The van der Waals surface area contributed by atoms with Crippen molar-refractivity contribution < 1.29 is 18.9 Å². The van der Waals surface area contributed by atoms with Gasteiger partial charge in [-0.15, -0.1) is 0 Å². The first-order chi connectivity index (χ1) is 12.5. The minimum Gasteiger partial charge on any atom is -0.493 e. The van der Waals surface area contributed by atoms with Gasteiger partial charge in [0.1, 0.15) is 0 Å². The van der Waals surface area contributed by atoms with E-state index in [1.807, 2.05) is 38.1 Å². The maximum Gasteiger partial charge on any atom is 0.163 e. The van der Waals surface area contributed by atoms with Gasteiger partial charge in [-0.2, -0.15) is 0 Å². The average molecular weight is 353 g/mol. The van der Waals surface area contributed by atoms with Crippen molar-refractivity contribution in [1.82, 2.24) is 4.98 Å². The van der Waals surface area contributed by atoms with Crippen LogP contribution in [0.25, 0.3) is 22.0 Å². The van der Waals surface area contributed by atoms with E-state index >= 15 is 0 Å². The molecule has 0 aliphatic carbocycles. The van der Waals surface area contributed by atoms with Crippen LogP contribution in [0.2, 0.25) is 0 Å². The molecule has 136 valence electrons. The van der Waals surface area contributed by atoms with Crippen molar-refractivity contribution in [2.75, 3.05) is 28.4 Å². The summed E-state index contributed by atoms with van der Waals surface area (Å²) in [5, 5.41) is 2.07. The van der Waals surface area contributed by atoms with Crippen molar-refractivity contribution >= 4 is 10.8 Å². The average Bonchev–Trinajstić information content (AvgIpc) is 2.66. The highest BCUT2D eigenvalue weighted by molar-refractivity contribution is 5.90. The van der Waals surface area contributed by atoms with E-state index in [2.05, 4.69) is 6.07 Å². The molecule has 0 radical (unpaired) electrons. The molecule has 0 saturated carbocycles. The van der Waals surface area contributed by atoms with Gasteiger partial charge in [0.2, 0.25) is 0 Å².